The number of halogens is 8. The van der Waals surface area contributed by atoms with Crippen LogP contribution in [-0.2, 0) is 110 Å². The van der Waals surface area contributed by atoms with Crippen molar-refractivity contribution >= 4 is 11.6 Å². The molecule has 0 aliphatic carbocycles. The fraction of sp³-hybridized carbons (Fsp3) is 0.0769. The van der Waals surface area contributed by atoms with Crippen LogP contribution in [0, 0.1) is 82.9 Å². The van der Waals surface area contributed by atoms with E-state index in [1.165, 1.54) is 88.4 Å². The number of rotatable bonds is 10. The molecule has 103 heavy (non-hydrogen) atoms. The fourth-order valence-corrected chi connectivity index (χ4v) is 7.57. The van der Waals surface area contributed by atoms with Gasteiger partial charge in [-0.1, -0.05) is 71.8 Å². The number of pyridine rings is 6. The van der Waals surface area contributed by atoms with E-state index in [1.807, 2.05) is 36.4 Å². The van der Waals surface area contributed by atoms with Gasteiger partial charge in [0, 0.05) is 196 Å². The van der Waals surface area contributed by atoms with Crippen LogP contribution < -0.4 is 9.47 Å². The summed E-state index contributed by atoms with van der Waals surface area (Å²) in [4.78, 5) is 44.5. The number of carbonyl (C=O) groups excluding carboxylic acids is 2. The topological polar surface area (TPSA) is 170 Å². The van der Waals surface area contributed by atoms with Crippen LogP contribution in [0.4, 0.5) is 35.1 Å². The van der Waals surface area contributed by atoms with Gasteiger partial charge in [0.2, 0.25) is 0 Å². The molecule has 6 heterocycles. The molecular formula is C78H60F8Ir5N6O6-6. The number of ether oxygens (including phenoxy) is 2. The molecule has 2 N–H and O–H groups in total. The molecule has 0 aliphatic rings. The summed E-state index contributed by atoms with van der Waals surface area (Å²) < 4.78 is 112. The number of carbonyl (C=O) groups is 2. The molecule has 545 valence electrons. The van der Waals surface area contributed by atoms with E-state index in [0.29, 0.717) is 22.8 Å². The summed E-state index contributed by atoms with van der Waals surface area (Å²) in [5.74, 6) is -2.42. The SMILES string of the molecule is CC(=O)C=C(C)O.CC(=O)C=C(C)O.COc1ccnc(-c2[c-]cc(F)cc2)c1.COc1ccnc(-c2[c-]cc(F)cc2)c1.Fc1c[c-]c(-c2ccccn2)c(F)c1.Fc1c[c-]c(-c2ccccn2)c(F)c1.Fc1c[c-]c(-c2ccccn2)cc1.Fc1c[c-]c(-c2ccccn2)cc1.[Ir].[Ir].[Ir].[Ir].[Ir]. The van der Waals surface area contributed by atoms with Gasteiger partial charge in [-0.05, 0) is 110 Å². The van der Waals surface area contributed by atoms with Crippen LogP contribution in [0.5, 0.6) is 11.5 Å². The Hall–Kier alpha value is -9.07. The van der Waals surface area contributed by atoms with Crippen molar-refractivity contribution in [3.05, 3.63) is 338 Å². The van der Waals surface area contributed by atoms with E-state index >= 15 is 0 Å². The van der Waals surface area contributed by atoms with Crippen molar-refractivity contribution in [3.63, 3.8) is 0 Å². The molecule has 0 aliphatic heterocycles. The minimum absolute atomic E-state index is 0. The van der Waals surface area contributed by atoms with Gasteiger partial charge in [-0.15, -0.1) is 144 Å². The van der Waals surface area contributed by atoms with Crippen LogP contribution >= 0.6 is 0 Å². The zero-order valence-corrected chi connectivity index (χ0v) is 67.0. The normalized spacial score (nSPS) is 9.73. The monoisotopic (exact) mass is 2290 g/mol. The van der Waals surface area contributed by atoms with Crippen molar-refractivity contribution in [3.8, 4) is 79.0 Å². The minimum atomic E-state index is -0.649. The molecule has 0 fully saturated rings. The van der Waals surface area contributed by atoms with Crippen molar-refractivity contribution in [1.82, 2.24) is 29.9 Å². The van der Waals surface area contributed by atoms with Gasteiger partial charge < -0.3 is 49.6 Å². The molecule has 12 rings (SSSR count). The quantitative estimate of drug-likeness (QED) is 0.0576. The Morgan fingerprint density at radius 3 is 0.806 bits per heavy atom. The second-order valence-electron chi connectivity index (χ2n) is 19.6. The maximum Gasteiger partial charge on any atom is 0.155 e. The smallest absolute Gasteiger partial charge is 0.155 e. The van der Waals surface area contributed by atoms with Crippen molar-refractivity contribution in [1.29, 1.82) is 0 Å². The molecule has 0 bridgehead atoms. The first-order chi connectivity index (χ1) is 47.1. The summed E-state index contributed by atoms with van der Waals surface area (Å²) in [6.07, 6.45) is 12.1. The number of aromatic nitrogens is 6. The van der Waals surface area contributed by atoms with Crippen LogP contribution in [0.3, 0.4) is 0 Å². The van der Waals surface area contributed by atoms with Gasteiger partial charge in [0.05, 0.1) is 25.7 Å². The van der Waals surface area contributed by atoms with Gasteiger partial charge in [0.1, 0.15) is 11.5 Å². The first-order valence-corrected chi connectivity index (χ1v) is 29.0. The van der Waals surface area contributed by atoms with Crippen LogP contribution in [0.25, 0.3) is 67.5 Å². The number of aliphatic hydroxyl groups excluding tert-OH is 2. The van der Waals surface area contributed by atoms with E-state index in [2.05, 4.69) is 66.3 Å². The van der Waals surface area contributed by atoms with Crippen molar-refractivity contribution in [2.75, 3.05) is 14.2 Å². The predicted octanol–water partition coefficient (Wildman–Crippen LogP) is 18.5. The molecule has 0 saturated carbocycles. The molecule has 5 radical (unpaired) electrons. The van der Waals surface area contributed by atoms with Crippen molar-refractivity contribution in [2.24, 2.45) is 0 Å². The van der Waals surface area contributed by atoms with Gasteiger partial charge in [-0.2, -0.15) is 0 Å². The summed E-state index contributed by atoms with van der Waals surface area (Å²) in [5, 5.41) is 16.7. The molecule has 6 aromatic heterocycles. The van der Waals surface area contributed by atoms with E-state index in [-0.39, 0.29) is 158 Å². The van der Waals surface area contributed by atoms with Gasteiger partial charge in [0.25, 0.3) is 0 Å². The third-order valence-corrected chi connectivity index (χ3v) is 11.8. The Kier molecular flexibility index (Phi) is 47.4. The number of allylic oxidation sites excluding steroid dienone is 4. The van der Waals surface area contributed by atoms with Crippen LogP contribution in [0.2, 0.25) is 0 Å². The summed E-state index contributed by atoms with van der Waals surface area (Å²) in [6.45, 7) is 5.70. The largest absolute Gasteiger partial charge is 0.512 e. The Balaban J connectivity index is 0.00000116. The summed E-state index contributed by atoms with van der Waals surface area (Å²) >= 11 is 0. The van der Waals surface area contributed by atoms with Crippen LogP contribution in [0.15, 0.2) is 255 Å². The zero-order chi connectivity index (χ0) is 71.2. The van der Waals surface area contributed by atoms with Gasteiger partial charge in [-0.3, -0.25) is 44.7 Å². The number of ketones is 2. The van der Waals surface area contributed by atoms with E-state index < -0.39 is 23.3 Å². The van der Waals surface area contributed by atoms with E-state index in [0.717, 1.165) is 69.4 Å². The number of benzene rings is 6. The Labute approximate surface area is 659 Å². The molecule has 12 aromatic rings. The molecule has 0 spiro atoms. The first-order valence-electron chi connectivity index (χ1n) is 29.0. The summed E-state index contributed by atoms with van der Waals surface area (Å²) in [7, 11) is 3.18. The number of hydrogen-bond acceptors (Lipinski definition) is 12. The molecular weight excluding hydrogens is 2230 g/mol. The van der Waals surface area contributed by atoms with Crippen LogP contribution in [-0.4, -0.2) is 65.9 Å². The van der Waals surface area contributed by atoms with Gasteiger partial charge >= 0.3 is 0 Å². The Morgan fingerprint density at radius 1 is 0.330 bits per heavy atom. The number of hydrogen-bond donors (Lipinski definition) is 2. The van der Waals surface area contributed by atoms with E-state index in [4.69, 9.17) is 19.7 Å². The van der Waals surface area contributed by atoms with Crippen molar-refractivity contribution < 1.29 is 165 Å². The molecule has 0 amide bonds. The van der Waals surface area contributed by atoms with Crippen LogP contribution in [0.1, 0.15) is 27.7 Å². The van der Waals surface area contributed by atoms with E-state index in [9.17, 15) is 44.7 Å². The number of aliphatic hydroxyl groups is 2. The Morgan fingerprint density at radius 2 is 0.592 bits per heavy atom. The average molecular weight is 2290 g/mol. The third-order valence-electron chi connectivity index (χ3n) is 11.8. The standard InChI is InChI=1S/2C12H9FNO.2C11H6F2N.2C11H7FN.2C5H8O2.5Ir/c2*1-15-11-6-7-14-12(8-11)9-2-4-10(13)5-3-9;2*12-8-4-5-9(10(13)7-8)11-3-1-2-6-14-11;2*12-10-6-4-9(5-7-10)11-3-1-2-8-13-11;2*1-4(6)3-5(2)7;;;;;/h2*2,4-8H,1H3;2*1-4,6-7H;2*1-4,6-8H;2*3,6H,1-2H3;;;;;/q6*-1;;;;;;;. The second kappa shape index (κ2) is 52.0. The zero-order valence-electron chi connectivity index (χ0n) is 55.0. The predicted molar refractivity (Wildman–Crippen MR) is 358 cm³/mol. The van der Waals surface area contributed by atoms with E-state index in [1.54, 1.807) is 136 Å². The fourth-order valence-electron chi connectivity index (χ4n) is 7.57. The maximum atomic E-state index is 13.2. The van der Waals surface area contributed by atoms with Gasteiger partial charge in [0.15, 0.2) is 11.6 Å². The summed E-state index contributed by atoms with van der Waals surface area (Å²) in [6, 6.07) is 65.9. The molecule has 12 nitrogen and oxygen atoms in total. The molecule has 6 aromatic carbocycles. The molecule has 0 unspecified atom stereocenters. The molecule has 25 heteroatoms. The number of nitrogens with zero attached hydrogens (tertiary/aromatic N) is 6. The second-order valence-corrected chi connectivity index (χ2v) is 19.6. The van der Waals surface area contributed by atoms with Crippen molar-refractivity contribution in [2.45, 2.75) is 27.7 Å². The number of methoxy groups -OCH3 is 2. The average Bonchev–Trinajstić information content (AvgIpc) is 0.863. The maximum absolute atomic E-state index is 13.2. The minimum Gasteiger partial charge on any atom is -0.512 e. The van der Waals surface area contributed by atoms with Gasteiger partial charge in [-0.25, -0.2) is 0 Å². The Bertz CT molecular complexity index is 4150. The molecule has 0 saturated heterocycles. The molecule has 0 atom stereocenters. The third kappa shape index (κ3) is 36.6. The first kappa shape index (κ1) is 93.9. The summed E-state index contributed by atoms with van der Waals surface area (Å²) in [5.41, 5.74) is 7.43.